The Kier molecular flexibility index (Phi) is 5.56. The summed E-state index contributed by atoms with van der Waals surface area (Å²) in [7, 11) is 0. The van der Waals surface area contributed by atoms with E-state index in [1.807, 2.05) is 30.3 Å². The Balaban J connectivity index is 1.63. The average molecular weight is 388 g/mol. The van der Waals surface area contributed by atoms with Crippen molar-refractivity contribution in [2.45, 2.75) is 13.0 Å². The van der Waals surface area contributed by atoms with Gasteiger partial charge >= 0.3 is 5.97 Å². The van der Waals surface area contributed by atoms with Crippen LogP contribution >= 0.6 is 11.3 Å². The van der Waals surface area contributed by atoms with Crippen LogP contribution in [0.1, 0.15) is 17.4 Å². The lowest BCUT2D eigenvalue weighted by Crippen LogP contribution is -2.30. The monoisotopic (exact) mass is 388 g/mol. The minimum absolute atomic E-state index is 0.0754. The van der Waals surface area contributed by atoms with Crippen LogP contribution in [0.4, 0.5) is 14.5 Å². The van der Waals surface area contributed by atoms with E-state index in [4.69, 9.17) is 4.74 Å². The molecule has 138 valence electrons. The average Bonchev–Trinajstić information content (AvgIpc) is 3.15. The van der Waals surface area contributed by atoms with E-state index in [2.05, 4.69) is 10.3 Å². The van der Waals surface area contributed by atoms with Crippen LogP contribution < -0.4 is 5.32 Å². The van der Waals surface area contributed by atoms with Crippen LogP contribution in [0.25, 0.3) is 10.6 Å². The second kappa shape index (κ2) is 8.05. The maximum atomic E-state index is 13.6. The lowest BCUT2D eigenvalue weighted by Gasteiger charge is -2.13. The van der Waals surface area contributed by atoms with E-state index >= 15 is 0 Å². The third kappa shape index (κ3) is 4.53. The van der Waals surface area contributed by atoms with Crippen molar-refractivity contribution in [2.24, 2.45) is 0 Å². The minimum atomic E-state index is -1.19. The Bertz CT molecular complexity index is 976. The van der Waals surface area contributed by atoms with Gasteiger partial charge in [0.05, 0.1) is 5.69 Å². The number of benzene rings is 2. The summed E-state index contributed by atoms with van der Waals surface area (Å²) in [6.45, 7) is 1.35. The number of nitrogens with zero attached hydrogens (tertiary/aromatic N) is 1. The van der Waals surface area contributed by atoms with Crippen LogP contribution in [-0.2, 0) is 9.53 Å². The number of halogens is 2. The fourth-order valence-corrected chi connectivity index (χ4v) is 2.98. The first-order chi connectivity index (χ1) is 12.9. The molecule has 1 atom stereocenters. The zero-order chi connectivity index (χ0) is 19.4. The van der Waals surface area contributed by atoms with Crippen molar-refractivity contribution in [1.29, 1.82) is 0 Å². The van der Waals surface area contributed by atoms with Crippen molar-refractivity contribution in [3.63, 3.8) is 0 Å². The molecular weight excluding hydrogens is 374 g/mol. The molecule has 0 saturated carbocycles. The second-order valence-electron chi connectivity index (χ2n) is 5.56. The molecule has 0 saturated heterocycles. The molecule has 27 heavy (non-hydrogen) atoms. The number of ether oxygens (including phenoxy) is 1. The molecule has 0 unspecified atom stereocenters. The molecule has 1 aromatic heterocycles. The van der Waals surface area contributed by atoms with Crippen LogP contribution in [0.2, 0.25) is 0 Å². The van der Waals surface area contributed by atoms with E-state index < -0.39 is 29.6 Å². The molecule has 0 aliphatic heterocycles. The second-order valence-corrected chi connectivity index (χ2v) is 6.42. The van der Waals surface area contributed by atoms with Crippen molar-refractivity contribution in [1.82, 2.24) is 4.98 Å². The van der Waals surface area contributed by atoms with Crippen molar-refractivity contribution in [3.8, 4) is 10.6 Å². The quantitative estimate of drug-likeness (QED) is 0.663. The van der Waals surface area contributed by atoms with Gasteiger partial charge in [0.15, 0.2) is 11.8 Å². The third-order valence-corrected chi connectivity index (χ3v) is 4.47. The first-order valence-electron chi connectivity index (χ1n) is 7.92. The summed E-state index contributed by atoms with van der Waals surface area (Å²) in [5, 5.41) is 4.43. The molecule has 0 bridgehead atoms. The Hall–Kier alpha value is -3.13. The third-order valence-electron chi connectivity index (χ3n) is 3.58. The largest absolute Gasteiger partial charge is 0.448 e. The molecule has 5 nitrogen and oxygen atoms in total. The summed E-state index contributed by atoms with van der Waals surface area (Å²) in [6.07, 6.45) is -1.19. The molecule has 1 heterocycles. The van der Waals surface area contributed by atoms with Crippen LogP contribution in [0.15, 0.2) is 53.9 Å². The van der Waals surface area contributed by atoms with Gasteiger partial charge in [-0.15, -0.1) is 11.3 Å². The van der Waals surface area contributed by atoms with Gasteiger partial charge in [0.1, 0.15) is 16.6 Å². The van der Waals surface area contributed by atoms with E-state index in [0.717, 1.165) is 17.7 Å². The van der Waals surface area contributed by atoms with Crippen LogP contribution in [0, 0.1) is 11.6 Å². The number of carbonyl (C=O) groups excluding carboxylic acids is 2. The standard InChI is InChI=1S/C19H14F2N2O3S/c1-11(17(24)22-15-8-7-13(20)9-14(15)21)26-19(25)16-10-27-18(23-16)12-5-3-2-4-6-12/h2-11H,1H3,(H,22,24)/t11-/m0/s1. The lowest BCUT2D eigenvalue weighted by atomic mass is 10.2. The number of aromatic nitrogens is 1. The van der Waals surface area contributed by atoms with Crippen molar-refractivity contribution >= 4 is 28.9 Å². The van der Waals surface area contributed by atoms with Crippen LogP contribution in [-0.4, -0.2) is 23.0 Å². The molecule has 3 aromatic rings. The Morgan fingerprint density at radius 3 is 2.59 bits per heavy atom. The van der Waals surface area contributed by atoms with Crippen LogP contribution in [0.3, 0.4) is 0 Å². The SMILES string of the molecule is C[C@H](OC(=O)c1csc(-c2ccccc2)n1)C(=O)Nc1ccc(F)cc1F. The van der Waals surface area contributed by atoms with E-state index in [9.17, 15) is 18.4 Å². The number of hydrogen-bond acceptors (Lipinski definition) is 5. The van der Waals surface area contributed by atoms with E-state index in [-0.39, 0.29) is 11.4 Å². The molecule has 8 heteroatoms. The molecule has 0 aliphatic carbocycles. The molecule has 2 aromatic carbocycles. The fourth-order valence-electron chi connectivity index (χ4n) is 2.18. The molecule has 0 radical (unpaired) electrons. The number of rotatable bonds is 5. The first kappa shape index (κ1) is 18.7. The molecule has 1 N–H and O–H groups in total. The highest BCUT2D eigenvalue weighted by Gasteiger charge is 2.22. The van der Waals surface area contributed by atoms with Gasteiger partial charge in [0.2, 0.25) is 0 Å². The van der Waals surface area contributed by atoms with E-state index in [0.29, 0.717) is 11.1 Å². The highest BCUT2D eigenvalue weighted by molar-refractivity contribution is 7.13. The summed E-state index contributed by atoms with van der Waals surface area (Å²) < 4.78 is 31.6. The van der Waals surface area contributed by atoms with Gasteiger partial charge in [0.25, 0.3) is 5.91 Å². The normalized spacial score (nSPS) is 11.7. The molecule has 3 rings (SSSR count). The van der Waals surface area contributed by atoms with E-state index in [1.165, 1.54) is 23.6 Å². The number of esters is 1. The number of amides is 1. The molecule has 0 fully saturated rings. The predicted octanol–water partition coefficient (Wildman–Crippen LogP) is 4.27. The van der Waals surface area contributed by atoms with Crippen molar-refractivity contribution in [2.75, 3.05) is 5.32 Å². The van der Waals surface area contributed by atoms with Gasteiger partial charge in [-0.3, -0.25) is 4.79 Å². The molecule has 0 aliphatic rings. The van der Waals surface area contributed by atoms with Gasteiger partial charge < -0.3 is 10.1 Å². The van der Waals surface area contributed by atoms with Gasteiger partial charge in [-0.25, -0.2) is 18.6 Å². The number of anilines is 1. The summed E-state index contributed by atoms with van der Waals surface area (Å²) >= 11 is 1.27. The first-order valence-corrected chi connectivity index (χ1v) is 8.80. The van der Waals surface area contributed by atoms with Crippen molar-refractivity contribution in [3.05, 3.63) is 71.2 Å². The lowest BCUT2D eigenvalue weighted by molar-refractivity contribution is -0.123. The highest BCUT2D eigenvalue weighted by atomic mass is 32.1. The Morgan fingerprint density at radius 2 is 1.89 bits per heavy atom. The summed E-state index contributed by atoms with van der Waals surface area (Å²) in [5.41, 5.74) is 0.731. The molecule has 0 spiro atoms. The minimum Gasteiger partial charge on any atom is -0.448 e. The fraction of sp³-hybridized carbons (Fsp3) is 0.105. The molecule has 1 amide bonds. The Labute approximate surface area is 157 Å². The number of carbonyl (C=O) groups is 2. The van der Waals surface area contributed by atoms with Crippen molar-refractivity contribution < 1.29 is 23.1 Å². The van der Waals surface area contributed by atoms with Gasteiger partial charge in [-0.05, 0) is 19.1 Å². The number of hydrogen-bond donors (Lipinski definition) is 1. The van der Waals surface area contributed by atoms with Crippen LogP contribution in [0.5, 0.6) is 0 Å². The Morgan fingerprint density at radius 1 is 1.15 bits per heavy atom. The van der Waals surface area contributed by atoms with Gasteiger partial charge in [0, 0.05) is 17.0 Å². The predicted molar refractivity (Wildman–Crippen MR) is 97.4 cm³/mol. The smallest absolute Gasteiger partial charge is 0.358 e. The maximum absolute atomic E-state index is 13.6. The zero-order valence-corrected chi connectivity index (χ0v) is 14.9. The maximum Gasteiger partial charge on any atom is 0.358 e. The van der Waals surface area contributed by atoms with E-state index in [1.54, 1.807) is 0 Å². The topological polar surface area (TPSA) is 68.3 Å². The summed E-state index contributed by atoms with van der Waals surface area (Å²) in [5.74, 6) is -3.19. The number of nitrogens with one attached hydrogen (secondary N) is 1. The highest BCUT2D eigenvalue weighted by Crippen LogP contribution is 2.24. The van der Waals surface area contributed by atoms with Gasteiger partial charge in [-0.1, -0.05) is 30.3 Å². The van der Waals surface area contributed by atoms with Gasteiger partial charge in [-0.2, -0.15) is 0 Å². The molecular formula is C19H14F2N2O3S. The summed E-state index contributed by atoms with van der Waals surface area (Å²) in [6, 6.07) is 12.1. The number of thiazole rings is 1. The zero-order valence-electron chi connectivity index (χ0n) is 14.1. The summed E-state index contributed by atoms with van der Waals surface area (Å²) in [4.78, 5) is 28.5.